The Morgan fingerprint density at radius 3 is 2.83 bits per heavy atom. The molecule has 1 aromatic heterocycles. The SMILES string of the molecule is CCCS(=O)(=O)N1CCCC(Cc2noc(-c3ccccc3)n2)C1. The Morgan fingerprint density at radius 2 is 2.08 bits per heavy atom. The van der Waals surface area contributed by atoms with E-state index in [0.717, 1.165) is 18.4 Å². The molecule has 1 saturated heterocycles. The molecule has 0 saturated carbocycles. The zero-order valence-electron chi connectivity index (χ0n) is 13.9. The molecule has 2 aromatic rings. The molecule has 0 aliphatic carbocycles. The van der Waals surface area contributed by atoms with E-state index in [2.05, 4.69) is 10.1 Å². The van der Waals surface area contributed by atoms with Crippen LogP contribution in [-0.4, -0.2) is 41.7 Å². The van der Waals surface area contributed by atoms with Crippen molar-refractivity contribution in [2.24, 2.45) is 5.92 Å². The summed E-state index contributed by atoms with van der Waals surface area (Å²) in [7, 11) is -3.13. The van der Waals surface area contributed by atoms with Crippen LogP contribution in [0.4, 0.5) is 0 Å². The van der Waals surface area contributed by atoms with Crippen molar-refractivity contribution < 1.29 is 12.9 Å². The lowest BCUT2D eigenvalue weighted by Crippen LogP contribution is -2.41. The lowest BCUT2D eigenvalue weighted by Gasteiger charge is -2.31. The third kappa shape index (κ3) is 4.02. The number of benzene rings is 1. The molecule has 0 bridgehead atoms. The van der Waals surface area contributed by atoms with E-state index in [1.54, 1.807) is 4.31 Å². The average molecular weight is 349 g/mol. The minimum absolute atomic E-state index is 0.222. The Bertz CT molecular complexity index is 758. The monoisotopic (exact) mass is 349 g/mol. The van der Waals surface area contributed by atoms with Crippen LogP contribution >= 0.6 is 0 Å². The van der Waals surface area contributed by atoms with Gasteiger partial charge < -0.3 is 4.52 Å². The van der Waals surface area contributed by atoms with Crippen LogP contribution in [0.25, 0.3) is 11.5 Å². The predicted molar refractivity (Wildman–Crippen MR) is 91.8 cm³/mol. The number of sulfonamides is 1. The first-order chi connectivity index (χ1) is 11.6. The summed E-state index contributed by atoms with van der Waals surface area (Å²) in [5.41, 5.74) is 0.895. The van der Waals surface area contributed by atoms with Gasteiger partial charge in [0.2, 0.25) is 10.0 Å². The molecule has 0 spiro atoms. The predicted octanol–water partition coefficient (Wildman–Crippen LogP) is 2.73. The quantitative estimate of drug-likeness (QED) is 0.801. The first-order valence-corrected chi connectivity index (χ1v) is 10.0. The van der Waals surface area contributed by atoms with E-state index in [-0.39, 0.29) is 11.7 Å². The molecule has 7 heteroatoms. The van der Waals surface area contributed by atoms with Gasteiger partial charge in [0.05, 0.1) is 5.75 Å². The third-order valence-electron chi connectivity index (χ3n) is 4.30. The second-order valence-corrected chi connectivity index (χ2v) is 8.36. The normalized spacial score (nSPS) is 19.5. The van der Waals surface area contributed by atoms with Crippen molar-refractivity contribution in [1.29, 1.82) is 0 Å². The number of hydrogen-bond acceptors (Lipinski definition) is 5. The van der Waals surface area contributed by atoms with Gasteiger partial charge in [0.25, 0.3) is 5.89 Å². The summed E-state index contributed by atoms with van der Waals surface area (Å²) in [5, 5.41) is 4.06. The Kier molecular flexibility index (Phi) is 5.30. The van der Waals surface area contributed by atoms with Crippen LogP contribution in [0.2, 0.25) is 0 Å². The fraction of sp³-hybridized carbons (Fsp3) is 0.529. The van der Waals surface area contributed by atoms with Gasteiger partial charge in [-0.05, 0) is 37.3 Å². The summed E-state index contributed by atoms with van der Waals surface area (Å²) in [4.78, 5) is 4.45. The first kappa shape index (κ1) is 17.1. The van der Waals surface area contributed by atoms with Crippen molar-refractivity contribution >= 4 is 10.0 Å². The first-order valence-electron chi connectivity index (χ1n) is 8.44. The van der Waals surface area contributed by atoms with Crippen LogP contribution in [0.3, 0.4) is 0 Å². The number of hydrogen-bond donors (Lipinski definition) is 0. The molecule has 1 unspecified atom stereocenters. The molecule has 2 heterocycles. The highest BCUT2D eigenvalue weighted by molar-refractivity contribution is 7.89. The standard InChI is InChI=1S/C17H23N3O3S/c1-2-11-24(21,22)20-10-6-7-14(13-20)12-16-18-17(23-19-16)15-8-4-3-5-9-15/h3-5,8-9,14H,2,6-7,10-13H2,1H3. The highest BCUT2D eigenvalue weighted by Crippen LogP contribution is 2.24. The summed E-state index contributed by atoms with van der Waals surface area (Å²) in [5.74, 6) is 1.62. The van der Waals surface area contributed by atoms with Gasteiger partial charge in [0, 0.05) is 25.1 Å². The van der Waals surface area contributed by atoms with Gasteiger partial charge in [-0.2, -0.15) is 4.98 Å². The molecule has 1 aliphatic rings. The van der Waals surface area contributed by atoms with Gasteiger partial charge in [-0.15, -0.1) is 0 Å². The number of rotatable bonds is 6. The van der Waals surface area contributed by atoms with Crippen LogP contribution in [0.1, 0.15) is 32.0 Å². The van der Waals surface area contributed by atoms with Crippen molar-refractivity contribution in [2.75, 3.05) is 18.8 Å². The van der Waals surface area contributed by atoms with Crippen LogP contribution in [0.15, 0.2) is 34.9 Å². The van der Waals surface area contributed by atoms with Crippen molar-refractivity contribution in [3.8, 4) is 11.5 Å². The fourth-order valence-corrected chi connectivity index (χ4v) is 4.75. The van der Waals surface area contributed by atoms with E-state index >= 15 is 0 Å². The van der Waals surface area contributed by atoms with E-state index < -0.39 is 10.0 Å². The van der Waals surface area contributed by atoms with Gasteiger partial charge >= 0.3 is 0 Å². The minimum atomic E-state index is -3.13. The van der Waals surface area contributed by atoms with Crippen molar-refractivity contribution in [2.45, 2.75) is 32.6 Å². The minimum Gasteiger partial charge on any atom is -0.334 e. The van der Waals surface area contributed by atoms with Gasteiger partial charge in [-0.3, -0.25) is 0 Å². The fourth-order valence-electron chi connectivity index (χ4n) is 3.13. The van der Waals surface area contributed by atoms with Gasteiger partial charge in [-0.1, -0.05) is 30.3 Å². The topological polar surface area (TPSA) is 76.3 Å². The summed E-state index contributed by atoms with van der Waals surface area (Å²) in [6, 6.07) is 9.65. The highest BCUT2D eigenvalue weighted by Gasteiger charge is 2.29. The van der Waals surface area contributed by atoms with E-state index in [1.807, 2.05) is 37.3 Å². The number of nitrogens with zero attached hydrogens (tertiary/aromatic N) is 3. The molecular formula is C17H23N3O3S. The molecule has 24 heavy (non-hydrogen) atoms. The maximum Gasteiger partial charge on any atom is 0.257 e. The molecule has 1 aromatic carbocycles. The molecule has 0 amide bonds. The third-order valence-corrected chi connectivity index (χ3v) is 6.34. The second kappa shape index (κ2) is 7.44. The highest BCUT2D eigenvalue weighted by atomic mass is 32.2. The molecule has 1 aliphatic heterocycles. The van der Waals surface area contributed by atoms with E-state index in [9.17, 15) is 8.42 Å². The van der Waals surface area contributed by atoms with Gasteiger partial charge in [0.1, 0.15) is 0 Å². The summed E-state index contributed by atoms with van der Waals surface area (Å²) < 4.78 is 31.5. The lowest BCUT2D eigenvalue weighted by atomic mass is 9.96. The van der Waals surface area contributed by atoms with Gasteiger partial charge in [0.15, 0.2) is 5.82 Å². The molecule has 6 nitrogen and oxygen atoms in total. The maximum absolute atomic E-state index is 12.2. The van der Waals surface area contributed by atoms with E-state index in [4.69, 9.17) is 4.52 Å². The lowest BCUT2D eigenvalue weighted by molar-refractivity contribution is 0.261. The van der Waals surface area contributed by atoms with Crippen molar-refractivity contribution in [3.05, 3.63) is 36.2 Å². The van der Waals surface area contributed by atoms with Crippen molar-refractivity contribution in [3.63, 3.8) is 0 Å². The Morgan fingerprint density at radius 1 is 1.29 bits per heavy atom. The molecule has 1 atom stereocenters. The van der Waals surface area contributed by atoms with Crippen molar-refractivity contribution in [1.82, 2.24) is 14.4 Å². The second-order valence-electron chi connectivity index (χ2n) is 6.27. The van der Waals surface area contributed by atoms with Gasteiger partial charge in [-0.25, -0.2) is 12.7 Å². The average Bonchev–Trinajstić information content (AvgIpc) is 3.04. The maximum atomic E-state index is 12.2. The molecule has 130 valence electrons. The number of piperidine rings is 1. The zero-order chi connectivity index (χ0) is 17.0. The van der Waals surface area contributed by atoms with Crippen LogP contribution in [0, 0.1) is 5.92 Å². The zero-order valence-corrected chi connectivity index (χ0v) is 14.7. The summed E-state index contributed by atoms with van der Waals surface area (Å²) in [6.45, 7) is 3.07. The van der Waals surface area contributed by atoms with E-state index in [0.29, 0.717) is 37.6 Å². The molecule has 3 rings (SSSR count). The summed E-state index contributed by atoms with van der Waals surface area (Å²) in [6.07, 6.45) is 3.17. The van der Waals surface area contributed by atoms with Crippen LogP contribution < -0.4 is 0 Å². The molecule has 1 fully saturated rings. The summed E-state index contributed by atoms with van der Waals surface area (Å²) >= 11 is 0. The Labute approximate surface area is 142 Å². The molecule has 0 radical (unpaired) electrons. The largest absolute Gasteiger partial charge is 0.334 e. The number of aromatic nitrogens is 2. The Hall–Kier alpha value is -1.73. The smallest absolute Gasteiger partial charge is 0.257 e. The molecular weight excluding hydrogens is 326 g/mol. The van der Waals surface area contributed by atoms with Crippen LogP contribution in [0.5, 0.6) is 0 Å². The van der Waals surface area contributed by atoms with E-state index in [1.165, 1.54) is 0 Å². The Balaban J connectivity index is 1.65. The molecule has 0 N–H and O–H groups in total. The van der Waals surface area contributed by atoms with Crippen LogP contribution in [-0.2, 0) is 16.4 Å².